The summed E-state index contributed by atoms with van der Waals surface area (Å²) in [6.07, 6.45) is 3.78. The summed E-state index contributed by atoms with van der Waals surface area (Å²) in [5, 5.41) is 3.25. The Morgan fingerprint density at radius 2 is 2.03 bits per heavy atom. The van der Waals surface area contributed by atoms with Crippen LogP contribution in [0.2, 0.25) is 0 Å². The fourth-order valence-corrected chi connectivity index (χ4v) is 4.66. The number of nitrogens with zero attached hydrogens (tertiary/aromatic N) is 2. The minimum absolute atomic E-state index is 0.00841. The van der Waals surface area contributed by atoms with Crippen LogP contribution in [0.1, 0.15) is 29.7 Å². The number of nitrogens with two attached hydrogens (primary N) is 1. The molecular weight excluding hydrogens is 430 g/mol. The second-order valence-corrected chi connectivity index (χ2v) is 8.23. The third-order valence-electron chi connectivity index (χ3n) is 6.24. The van der Waals surface area contributed by atoms with Crippen LogP contribution in [-0.4, -0.2) is 29.5 Å². The van der Waals surface area contributed by atoms with Crippen LogP contribution in [0.3, 0.4) is 0 Å². The number of pyridine rings is 2. The number of hydrogen-bond donors (Lipinski definition) is 2. The Balaban J connectivity index is 1.55. The van der Waals surface area contributed by atoms with Gasteiger partial charge in [0.25, 0.3) is 5.95 Å². The van der Waals surface area contributed by atoms with E-state index in [-0.39, 0.29) is 12.4 Å². The van der Waals surface area contributed by atoms with E-state index in [4.69, 9.17) is 19.9 Å². The van der Waals surface area contributed by atoms with Crippen molar-refractivity contribution in [3.05, 3.63) is 77.6 Å². The molecule has 7 nitrogen and oxygen atoms in total. The van der Waals surface area contributed by atoms with E-state index in [1.807, 2.05) is 0 Å². The third-order valence-corrected chi connectivity index (χ3v) is 6.24. The maximum absolute atomic E-state index is 15.2. The minimum atomic E-state index is -1.01. The minimum Gasteiger partial charge on any atom is -0.501 e. The first kappa shape index (κ1) is 20.2. The van der Waals surface area contributed by atoms with Crippen molar-refractivity contribution in [2.24, 2.45) is 5.73 Å². The molecule has 0 bridgehead atoms. The molecule has 1 aromatic carbocycles. The van der Waals surface area contributed by atoms with Crippen LogP contribution in [0.15, 0.2) is 48.9 Å². The van der Waals surface area contributed by atoms with Gasteiger partial charge in [-0.3, -0.25) is 11.1 Å². The zero-order valence-corrected chi connectivity index (χ0v) is 17.5. The highest BCUT2D eigenvalue weighted by Crippen LogP contribution is 2.51. The smallest absolute Gasteiger partial charge is 0.256 e. The lowest BCUT2D eigenvalue weighted by molar-refractivity contribution is 0.103. The first-order valence-corrected chi connectivity index (χ1v) is 10.7. The van der Waals surface area contributed by atoms with Gasteiger partial charge in [-0.2, -0.15) is 8.78 Å². The van der Waals surface area contributed by atoms with Gasteiger partial charge < -0.3 is 14.2 Å². The maximum Gasteiger partial charge on any atom is 0.256 e. The zero-order valence-electron chi connectivity index (χ0n) is 17.5. The average molecular weight is 450 g/mol. The number of halogens is 2. The number of aromatic nitrogens is 2. The monoisotopic (exact) mass is 450 g/mol. The Morgan fingerprint density at radius 3 is 2.79 bits per heavy atom. The Hall–Kier alpha value is -3.40. The highest BCUT2D eigenvalue weighted by molar-refractivity contribution is 5.71. The van der Waals surface area contributed by atoms with Crippen molar-refractivity contribution in [3.8, 4) is 22.6 Å². The van der Waals surface area contributed by atoms with Crippen molar-refractivity contribution in [3.63, 3.8) is 0 Å². The summed E-state index contributed by atoms with van der Waals surface area (Å²) in [6.45, 7) is 0.754. The molecule has 0 aliphatic carbocycles. The number of rotatable bonds is 2. The Bertz CT molecular complexity index is 1300. The molecule has 1 unspecified atom stereocenters. The molecule has 3 aliphatic rings. The number of fused-ring (bicyclic) bond motifs is 4. The molecule has 0 radical (unpaired) electrons. The zero-order chi connectivity index (χ0) is 22.6. The topological polar surface area (TPSA) is 91.5 Å². The van der Waals surface area contributed by atoms with Gasteiger partial charge >= 0.3 is 0 Å². The van der Waals surface area contributed by atoms with Crippen LogP contribution in [0.25, 0.3) is 16.7 Å². The van der Waals surface area contributed by atoms with E-state index in [0.29, 0.717) is 40.3 Å². The molecule has 2 atom stereocenters. The van der Waals surface area contributed by atoms with Gasteiger partial charge in [-0.05, 0) is 48.7 Å². The molecule has 6 rings (SSSR count). The van der Waals surface area contributed by atoms with Crippen molar-refractivity contribution in [1.29, 1.82) is 0 Å². The average Bonchev–Trinajstić information content (AvgIpc) is 3.23. The second-order valence-electron chi connectivity index (χ2n) is 8.23. The largest absolute Gasteiger partial charge is 0.501 e. The summed E-state index contributed by atoms with van der Waals surface area (Å²) in [5.74, 6) is -0.898. The molecule has 33 heavy (non-hydrogen) atoms. The van der Waals surface area contributed by atoms with Crippen molar-refractivity contribution in [2.75, 3.05) is 13.2 Å². The quantitative estimate of drug-likeness (QED) is 0.574. The van der Waals surface area contributed by atoms with Gasteiger partial charge in [0, 0.05) is 28.5 Å². The van der Waals surface area contributed by atoms with Gasteiger partial charge in [-0.1, -0.05) is 6.07 Å². The fourth-order valence-electron chi connectivity index (χ4n) is 4.66. The summed E-state index contributed by atoms with van der Waals surface area (Å²) >= 11 is 0. The predicted molar refractivity (Wildman–Crippen MR) is 115 cm³/mol. The van der Waals surface area contributed by atoms with Crippen LogP contribution in [0.4, 0.5) is 8.78 Å². The van der Waals surface area contributed by atoms with E-state index in [9.17, 15) is 4.39 Å². The molecule has 3 aromatic rings. The number of benzene rings is 1. The Morgan fingerprint density at radius 1 is 1.12 bits per heavy atom. The van der Waals surface area contributed by atoms with Gasteiger partial charge in [-0.15, -0.1) is 0 Å². The number of ether oxygens (including phenoxy) is 3. The van der Waals surface area contributed by atoms with Crippen LogP contribution in [0.5, 0.6) is 11.5 Å². The van der Waals surface area contributed by atoms with Crippen LogP contribution < -0.4 is 15.8 Å². The number of nitrogens with one attached hydrogen (secondary N) is 1. The molecule has 3 aliphatic heterocycles. The molecule has 1 saturated heterocycles. The van der Waals surface area contributed by atoms with E-state index in [0.717, 1.165) is 18.4 Å². The normalized spacial score (nSPS) is 23.4. The van der Waals surface area contributed by atoms with Crippen molar-refractivity contribution in [2.45, 2.75) is 24.7 Å². The molecular formula is C24H20F2N4O3. The van der Waals surface area contributed by atoms with Crippen molar-refractivity contribution >= 4 is 5.57 Å². The van der Waals surface area contributed by atoms with Gasteiger partial charge in [0.2, 0.25) is 5.95 Å². The lowest BCUT2D eigenvalue weighted by Gasteiger charge is -2.37. The molecule has 5 heterocycles. The predicted octanol–water partition coefficient (Wildman–Crippen LogP) is 3.78. The van der Waals surface area contributed by atoms with E-state index in [1.165, 1.54) is 6.20 Å². The van der Waals surface area contributed by atoms with E-state index >= 15 is 4.39 Å². The van der Waals surface area contributed by atoms with Crippen molar-refractivity contribution < 1.29 is 23.0 Å². The third kappa shape index (κ3) is 3.19. The van der Waals surface area contributed by atoms with E-state index in [1.54, 1.807) is 42.7 Å². The summed E-state index contributed by atoms with van der Waals surface area (Å²) in [4.78, 5) is 7.88. The molecule has 1 fully saturated rings. The Kier molecular flexibility index (Phi) is 4.65. The lowest BCUT2D eigenvalue weighted by atomic mass is 9.80. The number of allylic oxidation sites excluding steroid dienone is 1. The molecule has 0 saturated carbocycles. The van der Waals surface area contributed by atoms with Crippen molar-refractivity contribution in [1.82, 2.24) is 15.3 Å². The molecule has 2 aromatic heterocycles. The van der Waals surface area contributed by atoms with Gasteiger partial charge in [-0.25, -0.2) is 9.97 Å². The van der Waals surface area contributed by atoms with Gasteiger partial charge in [0.15, 0.2) is 12.1 Å². The fraction of sp³-hybridized carbons (Fsp3) is 0.250. The Labute approximate surface area is 188 Å². The highest BCUT2D eigenvalue weighted by atomic mass is 19.1. The van der Waals surface area contributed by atoms with Crippen LogP contribution >= 0.6 is 0 Å². The molecule has 3 N–H and O–H groups in total. The second kappa shape index (κ2) is 7.58. The first-order chi connectivity index (χ1) is 16.0. The van der Waals surface area contributed by atoms with E-state index < -0.39 is 23.8 Å². The first-order valence-electron chi connectivity index (χ1n) is 10.7. The SMILES string of the molecule is NC1N[C@@]2(CO1)c1cc(-c3cccnc3F)ccc1Oc1c2cc(C2=COCCC2)nc1F. The molecule has 168 valence electrons. The summed E-state index contributed by atoms with van der Waals surface area (Å²) in [6, 6.07) is 10.3. The highest BCUT2D eigenvalue weighted by Gasteiger charge is 2.49. The maximum atomic E-state index is 15.2. The molecule has 1 spiro atoms. The lowest BCUT2D eigenvalue weighted by Crippen LogP contribution is -2.47. The summed E-state index contributed by atoms with van der Waals surface area (Å²) < 4.78 is 46.7. The summed E-state index contributed by atoms with van der Waals surface area (Å²) in [5.41, 5.74) is 8.45. The van der Waals surface area contributed by atoms with Crippen LogP contribution in [0, 0.1) is 11.9 Å². The standard InChI is InChI=1S/C24H20F2N4O3/c25-21-15(4-1-7-28-21)13-5-6-19-16(9-13)24(12-32-23(27)30-24)17-10-18(14-3-2-8-31-11-14)29-22(26)20(17)33-19/h1,4-7,9-11,23,30H,2-3,8,12,27H2/t23?,24-/m0/s1. The van der Waals surface area contributed by atoms with E-state index in [2.05, 4.69) is 15.3 Å². The van der Waals surface area contributed by atoms with Crippen LogP contribution in [-0.2, 0) is 15.0 Å². The molecule has 9 heteroatoms. The van der Waals surface area contributed by atoms with Gasteiger partial charge in [0.05, 0.1) is 25.2 Å². The van der Waals surface area contributed by atoms with Gasteiger partial charge in [0.1, 0.15) is 11.3 Å². The summed E-state index contributed by atoms with van der Waals surface area (Å²) in [7, 11) is 0. The molecule has 0 amide bonds. The number of hydrogen-bond acceptors (Lipinski definition) is 7.